The lowest BCUT2D eigenvalue weighted by molar-refractivity contribution is 0.0727. The largest absolute Gasteiger partial charge is 0.492 e. The van der Waals surface area contributed by atoms with Crippen LogP contribution >= 0.6 is 0 Å². The molecule has 5 heteroatoms. The smallest absolute Gasteiger partial charge is 0.347 e. The average Bonchev–Trinajstić information content (AvgIpc) is 2.77. The molecule has 1 heterocycles. The Bertz CT molecular complexity index is 882. The van der Waals surface area contributed by atoms with Gasteiger partial charge in [0.05, 0.1) is 6.61 Å². The molecule has 0 saturated heterocycles. The summed E-state index contributed by atoms with van der Waals surface area (Å²) in [5, 5.41) is 0. The van der Waals surface area contributed by atoms with E-state index < -0.39 is 5.97 Å². The van der Waals surface area contributed by atoms with Gasteiger partial charge in [-0.05, 0) is 45.2 Å². The zero-order valence-electron chi connectivity index (χ0n) is 18.5. The van der Waals surface area contributed by atoms with Gasteiger partial charge in [0.15, 0.2) is 0 Å². The molecule has 3 rings (SSSR count). The summed E-state index contributed by atoms with van der Waals surface area (Å²) in [5.41, 5.74) is 1.98. The van der Waals surface area contributed by atoms with Crippen LogP contribution in [0.25, 0.3) is 0 Å². The highest BCUT2D eigenvalue weighted by Gasteiger charge is 2.32. The van der Waals surface area contributed by atoms with E-state index in [1.54, 1.807) is 31.2 Å². The van der Waals surface area contributed by atoms with Gasteiger partial charge in [0.25, 0.3) is 0 Å². The Hall–Kier alpha value is -2.40. The quantitative estimate of drug-likeness (QED) is 0.317. The normalized spacial score (nSPS) is 14.8. The van der Waals surface area contributed by atoms with Crippen molar-refractivity contribution in [3.8, 4) is 11.5 Å². The van der Waals surface area contributed by atoms with Crippen LogP contribution in [0.15, 0.2) is 30.3 Å². The van der Waals surface area contributed by atoms with Crippen LogP contribution in [0.3, 0.4) is 0 Å². The van der Waals surface area contributed by atoms with Crippen LogP contribution in [-0.4, -0.2) is 30.1 Å². The van der Waals surface area contributed by atoms with Crippen LogP contribution < -0.4 is 9.47 Å². The van der Waals surface area contributed by atoms with Gasteiger partial charge in [0.2, 0.25) is 0 Å². The summed E-state index contributed by atoms with van der Waals surface area (Å²) in [6.45, 7) is 9.89. The number of carbonyl (C=O) groups is 1. The number of fused-ring (bicyclic) bond motifs is 1. The molecule has 0 fully saturated rings. The van der Waals surface area contributed by atoms with E-state index in [1.807, 2.05) is 6.07 Å². The molecule has 0 amide bonds. The standard InChI is InChI=1S/C25H32FNO3/c1-5-7-15-29-24-20-13-14-27(17(3)6-2)16-21(20)23(26)18(4)22(24)25(28)30-19-11-9-8-10-12-19/h8-12,17H,5-7,13-16H2,1-4H3/t17-/m1/s1. The lowest BCUT2D eigenvalue weighted by Crippen LogP contribution is -2.38. The van der Waals surface area contributed by atoms with Gasteiger partial charge in [0.1, 0.15) is 22.9 Å². The second-order valence-corrected chi connectivity index (χ2v) is 7.98. The number of benzene rings is 2. The first-order valence-electron chi connectivity index (χ1n) is 11.0. The Morgan fingerprint density at radius 3 is 2.60 bits per heavy atom. The van der Waals surface area contributed by atoms with Crippen molar-refractivity contribution in [3.05, 3.63) is 58.4 Å². The predicted octanol–water partition coefficient (Wildman–Crippen LogP) is 5.69. The van der Waals surface area contributed by atoms with Crippen molar-refractivity contribution in [1.82, 2.24) is 4.90 Å². The molecule has 2 aromatic rings. The number of unbranched alkanes of at least 4 members (excludes halogenated alkanes) is 1. The first-order chi connectivity index (χ1) is 14.5. The number of ether oxygens (including phenoxy) is 2. The molecule has 1 atom stereocenters. The molecular formula is C25H32FNO3. The Balaban J connectivity index is 2.03. The fraction of sp³-hybridized carbons (Fsp3) is 0.480. The van der Waals surface area contributed by atoms with E-state index in [4.69, 9.17) is 9.47 Å². The second-order valence-electron chi connectivity index (χ2n) is 7.98. The third-order valence-corrected chi connectivity index (χ3v) is 5.96. The first kappa shape index (κ1) is 22.3. The molecular weight excluding hydrogens is 381 g/mol. The van der Waals surface area contributed by atoms with Gasteiger partial charge in [0, 0.05) is 35.8 Å². The van der Waals surface area contributed by atoms with Gasteiger partial charge in [-0.3, -0.25) is 4.90 Å². The Morgan fingerprint density at radius 1 is 1.20 bits per heavy atom. The second kappa shape index (κ2) is 10.1. The Labute approximate surface area is 179 Å². The van der Waals surface area contributed by atoms with E-state index in [0.29, 0.717) is 48.2 Å². The molecule has 0 bridgehead atoms. The maximum Gasteiger partial charge on any atom is 0.347 e. The fourth-order valence-electron chi connectivity index (χ4n) is 3.90. The predicted molar refractivity (Wildman–Crippen MR) is 117 cm³/mol. The molecule has 2 aromatic carbocycles. The third kappa shape index (κ3) is 4.67. The van der Waals surface area contributed by atoms with Gasteiger partial charge in [-0.1, -0.05) is 38.5 Å². The zero-order valence-corrected chi connectivity index (χ0v) is 18.5. The van der Waals surface area contributed by atoms with E-state index in [1.165, 1.54) is 0 Å². The number of hydrogen-bond donors (Lipinski definition) is 0. The van der Waals surface area contributed by atoms with Gasteiger partial charge >= 0.3 is 5.97 Å². The molecule has 0 spiro atoms. The summed E-state index contributed by atoms with van der Waals surface area (Å²) in [6.07, 6.45) is 3.52. The Morgan fingerprint density at radius 2 is 1.93 bits per heavy atom. The number of halogens is 1. The lowest BCUT2D eigenvalue weighted by atomic mass is 9.90. The molecule has 30 heavy (non-hydrogen) atoms. The monoisotopic (exact) mass is 413 g/mol. The zero-order chi connectivity index (χ0) is 21.7. The van der Waals surface area contributed by atoms with Crippen LogP contribution in [-0.2, 0) is 13.0 Å². The summed E-state index contributed by atoms with van der Waals surface area (Å²) in [7, 11) is 0. The van der Waals surface area contributed by atoms with Gasteiger partial charge in [-0.15, -0.1) is 0 Å². The molecule has 0 radical (unpaired) electrons. The molecule has 162 valence electrons. The topological polar surface area (TPSA) is 38.8 Å². The van der Waals surface area contributed by atoms with Crippen LogP contribution in [0.4, 0.5) is 4.39 Å². The molecule has 4 nitrogen and oxygen atoms in total. The van der Waals surface area contributed by atoms with Crippen molar-refractivity contribution in [1.29, 1.82) is 0 Å². The Kier molecular flexibility index (Phi) is 7.48. The highest BCUT2D eigenvalue weighted by Crippen LogP contribution is 2.38. The SMILES string of the molecule is CCCCOc1c2c(c(F)c(C)c1C(=O)Oc1ccccc1)CN([C@H](C)CC)CC2. The molecule has 0 saturated carbocycles. The summed E-state index contributed by atoms with van der Waals surface area (Å²) < 4.78 is 27.1. The summed E-state index contributed by atoms with van der Waals surface area (Å²) >= 11 is 0. The minimum atomic E-state index is -0.573. The molecule has 0 unspecified atom stereocenters. The first-order valence-corrected chi connectivity index (χ1v) is 11.0. The van der Waals surface area contributed by atoms with E-state index >= 15 is 4.39 Å². The molecule has 0 aliphatic carbocycles. The van der Waals surface area contributed by atoms with E-state index in [9.17, 15) is 4.79 Å². The summed E-state index contributed by atoms with van der Waals surface area (Å²) in [6, 6.07) is 9.25. The van der Waals surface area contributed by atoms with Crippen molar-refractivity contribution in [3.63, 3.8) is 0 Å². The average molecular weight is 414 g/mol. The van der Waals surface area contributed by atoms with Crippen LogP contribution in [0.2, 0.25) is 0 Å². The molecule has 0 N–H and O–H groups in total. The van der Waals surface area contributed by atoms with Crippen molar-refractivity contribution < 1.29 is 18.7 Å². The van der Waals surface area contributed by atoms with Crippen LogP contribution in [0.1, 0.15) is 67.1 Å². The number of hydrogen-bond acceptors (Lipinski definition) is 4. The minimum absolute atomic E-state index is 0.211. The maximum absolute atomic E-state index is 15.5. The van der Waals surface area contributed by atoms with Gasteiger partial charge < -0.3 is 9.47 Å². The van der Waals surface area contributed by atoms with Gasteiger partial charge in [-0.25, -0.2) is 9.18 Å². The van der Waals surface area contributed by atoms with Gasteiger partial charge in [-0.2, -0.15) is 0 Å². The fourth-order valence-corrected chi connectivity index (χ4v) is 3.90. The number of rotatable bonds is 8. The summed E-state index contributed by atoms with van der Waals surface area (Å²) in [5.74, 6) is 0.0432. The third-order valence-electron chi connectivity index (χ3n) is 5.96. The molecule has 1 aliphatic heterocycles. The van der Waals surface area contributed by atoms with Crippen molar-refractivity contribution in [2.24, 2.45) is 0 Å². The van der Waals surface area contributed by atoms with Crippen molar-refractivity contribution in [2.75, 3.05) is 13.2 Å². The van der Waals surface area contributed by atoms with E-state index in [0.717, 1.165) is 31.4 Å². The molecule has 1 aliphatic rings. The number of nitrogens with zero attached hydrogens (tertiary/aromatic N) is 1. The van der Waals surface area contributed by atoms with Crippen molar-refractivity contribution in [2.45, 2.75) is 66.0 Å². The maximum atomic E-state index is 15.5. The summed E-state index contributed by atoms with van der Waals surface area (Å²) in [4.78, 5) is 15.4. The number of esters is 1. The number of para-hydroxylation sites is 1. The number of carbonyl (C=O) groups excluding carboxylic acids is 1. The van der Waals surface area contributed by atoms with Crippen molar-refractivity contribution >= 4 is 5.97 Å². The van der Waals surface area contributed by atoms with E-state index in [-0.39, 0.29) is 11.4 Å². The molecule has 0 aromatic heterocycles. The minimum Gasteiger partial charge on any atom is -0.492 e. The van der Waals surface area contributed by atoms with E-state index in [2.05, 4.69) is 25.7 Å². The lowest BCUT2D eigenvalue weighted by Gasteiger charge is -2.35. The highest BCUT2D eigenvalue weighted by atomic mass is 19.1. The highest BCUT2D eigenvalue weighted by molar-refractivity contribution is 5.96. The van der Waals surface area contributed by atoms with Crippen LogP contribution in [0.5, 0.6) is 11.5 Å². The van der Waals surface area contributed by atoms with Crippen LogP contribution in [0, 0.1) is 12.7 Å².